The smallest absolute Gasteiger partial charge is 0.259 e. The molecule has 0 radical (unpaired) electrons. The molecular weight excluding hydrogens is 302 g/mol. The third kappa shape index (κ3) is 3.41. The second kappa shape index (κ2) is 6.91. The van der Waals surface area contributed by atoms with Gasteiger partial charge in [0.15, 0.2) is 0 Å². The van der Waals surface area contributed by atoms with Gasteiger partial charge in [-0.25, -0.2) is 4.98 Å². The maximum absolute atomic E-state index is 12.5. The molecule has 0 spiro atoms. The summed E-state index contributed by atoms with van der Waals surface area (Å²) in [5.41, 5.74) is 2.23. The van der Waals surface area contributed by atoms with Crippen LogP contribution >= 0.6 is 0 Å². The number of para-hydroxylation sites is 1. The van der Waals surface area contributed by atoms with Crippen molar-refractivity contribution in [2.75, 3.05) is 11.9 Å². The van der Waals surface area contributed by atoms with Crippen LogP contribution in [0.15, 0.2) is 67.1 Å². The Kier molecular flexibility index (Phi) is 4.52. The third-order valence-electron chi connectivity index (χ3n) is 3.63. The summed E-state index contributed by atoms with van der Waals surface area (Å²) in [6.07, 6.45) is 4.82. The standard InChI is InChI=1S/C19H17N3O2/c1-14-6-3-4-8-17(14)24-18-10-9-15(12-21-18)19(23)22(2)16-7-5-11-20-13-16/h3-13H,1-2H3. The third-order valence-corrected chi connectivity index (χ3v) is 3.63. The van der Waals surface area contributed by atoms with Gasteiger partial charge in [-0.2, -0.15) is 0 Å². The van der Waals surface area contributed by atoms with E-state index in [-0.39, 0.29) is 5.91 Å². The molecule has 0 aliphatic heterocycles. The van der Waals surface area contributed by atoms with Crippen LogP contribution in [0.5, 0.6) is 11.6 Å². The Morgan fingerprint density at radius 2 is 1.88 bits per heavy atom. The van der Waals surface area contributed by atoms with Crippen LogP contribution in [0.25, 0.3) is 0 Å². The van der Waals surface area contributed by atoms with E-state index < -0.39 is 0 Å². The first kappa shape index (κ1) is 15.7. The van der Waals surface area contributed by atoms with Gasteiger partial charge in [-0.1, -0.05) is 18.2 Å². The number of hydrogen-bond acceptors (Lipinski definition) is 4. The second-order valence-corrected chi connectivity index (χ2v) is 5.33. The van der Waals surface area contributed by atoms with Crippen molar-refractivity contribution in [2.24, 2.45) is 0 Å². The number of anilines is 1. The van der Waals surface area contributed by atoms with Crippen molar-refractivity contribution in [1.82, 2.24) is 9.97 Å². The van der Waals surface area contributed by atoms with Crippen LogP contribution in [0.1, 0.15) is 15.9 Å². The Morgan fingerprint density at radius 1 is 1.04 bits per heavy atom. The number of nitrogens with zero attached hydrogens (tertiary/aromatic N) is 3. The number of benzene rings is 1. The summed E-state index contributed by atoms with van der Waals surface area (Å²) >= 11 is 0. The van der Waals surface area contributed by atoms with Gasteiger partial charge in [0, 0.05) is 25.5 Å². The molecular formula is C19H17N3O2. The Bertz CT molecular complexity index is 833. The highest BCUT2D eigenvalue weighted by molar-refractivity contribution is 6.05. The number of carbonyl (C=O) groups excluding carboxylic acids is 1. The summed E-state index contributed by atoms with van der Waals surface area (Å²) in [6, 6.07) is 14.7. The molecule has 5 nitrogen and oxygen atoms in total. The molecule has 0 unspecified atom stereocenters. The number of carbonyl (C=O) groups is 1. The lowest BCUT2D eigenvalue weighted by Crippen LogP contribution is -2.26. The molecule has 3 aromatic rings. The number of hydrogen-bond donors (Lipinski definition) is 0. The molecule has 3 rings (SSSR count). The zero-order valence-corrected chi connectivity index (χ0v) is 13.5. The van der Waals surface area contributed by atoms with Gasteiger partial charge in [0.05, 0.1) is 17.4 Å². The van der Waals surface area contributed by atoms with Gasteiger partial charge in [-0.15, -0.1) is 0 Å². The zero-order valence-electron chi connectivity index (χ0n) is 13.5. The molecule has 0 fully saturated rings. The molecule has 0 saturated carbocycles. The summed E-state index contributed by atoms with van der Waals surface area (Å²) in [5.74, 6) is 1.04. The van der Waals surface area contributed by atoms with E-state index in [0.717, 1.165) is 17.0 Å². The fourth-order valence-electron chi connectivity index (χ4n) is 2.21. The van der Waals surface area contributed by atoms with Gasteiger partial charge in [0.1, 0.15) is 5.75 Å². The lowest BCUT2D eigenvalue weighted by Gasteiger charge is -2.16. The van der Waals surface area contributed by atoms with Crippen molar-refractivity contribution in [3.8, 4) is 11.6 Å². The molecule has 0 aliphatic rings. The van der Waals surface area contributed by atoms with E-state index in [0.29, 0.717) is 11.4 Å². The minimum absolute atomic E-state index is 0.155. The number of rotatable bonds is 4. The van der Waals surface area contributed by atoms with Crippen LogP contribution in [0, 0.1) is 6.92 Å². The van der Waals surface area contributed by atoms with Crippen LogP contribution in [-0.2, 0) is 0 Å². The van der Waals surface area contributed by atoms with E-state index >= 15 is 0 Å². The zero-order chi connectivity index (χ0) is 16.9. The molecule has 0 bridgehead atoms. The van der Waals surface area contributed by atoms with Gasteiger partial charge in [-0.3, -0.25) is 9.78 Å². The minimum atomic E-state index is -0.155. The molecule has 1 amide bonds. The van der Waals surface area contributed by atoms with Gasteiger partial charge in [0.25, 0.3) is 5.91 Å². The molecule has 1 aromatic carbocycles. The van der Waals surface area contributed by atoms with Crippen molar-refractivity contribution in [1.29, 1.82) is 0 Å². The van der Waals surface area contributed by atoms with Crippen LogP contribution in [-0.4, -0.2) is 22.9 Å². The predicted octanol–water partition coefficient (Wildman–Crippen LogP) is 3.85. The molecule has 120 valence electrons. The summed E-state index contributed by atoms with van der Waals surface area (Å²) in [5, 5.41) is 0. The van der Waals surface area contributed by atoms with Crippen molar-refractivity contribution >= 4 is 11.6 Å². The second-order valence-electron chi connectivity index (χ2n) is 5.33. The fourth-order valence-corrected chi connectivity index (χ4v) is 2.21. The monoisotopic (exact) mass is 319 g/mol. The molecule has 2 aromatic heterocycles. The number of pyridine rings is 2. The van der Waals surface area contributed by atoms with E-state index in [1.165, 1.54) is 11.1 Å². The molecule has 0 aliphatic carbocycles. The highest BCUT2D eigenvalue weighted by atomic mass is 16.5. The summed E-state index contributed by atoms with van der Waals surface area (Å²) in [7, 11) is 1.71. The van der Waals surface area contributed by atoms with E-state index in [9.17, 15) is 4.79 Å². The fraction of sp³-hybridized carbons (Fsp3) is 0.105. The van der Waals surface area contributed by atoms with Crippen LogP contribution in [0.4, 0.5) is 5.69 Å². The van der Waals surface area contributed by atoms with Gasteiger partial charge in [0.2, 0.25) is 5.88 Å². The largest absolute Gasteiger partial charge is 0.439 e. The van der Waals surface area contributed by atoms with Crippen molar-refractivity contribution < 1.29 is 9.53 Å². The van der Waals surface area contributed by atoms with Crippen LogP contribution in [0.3, 0.4) is 0 Å². The molecule has 0 N–H and O–H groups in total. The normalized spacial score (nSPS) is 10.2. The Hall–Kier alpha value is -3.21. The molecule has 24 heavy (non-hydrogen) atoms. The van der Waals surface area contributed by atoms with Gasteiger partial charge < -0.3 is 9.64 Å². The highest BCUT2D eigenvalue weighted by Crippen LogP contribution is 2.23. The number of aryl methyl sites for hydroxylation is 1. The number of ether oxygens (including phenoxy) is 1. The first-order valence-electron chi connectivity index (χ1n) is 7.53. The quantitative estimate of drug-likeness (QED) is 0.733. The average molecular weight is 319 g/mol. The van der Waals surface area contributed by atoms with Crippen molar-refractivity contribution in [3.63, 3.8) is 0 Å². The molecule has 0 saturated heterocycles. The number of aromatic nitrogens is 2. The van der Waals surface area contributed by atoms with Crippen molar-refractivity contribution in [3.05, 3.63) is 78.2 Å². The predicted molar refractivity (Wildman–Crippen MR) is 92.5 cm³/mol. The Labute approximate surface area is 140 Å². The van der Waals surface area contributed by atoms with Crippen LogP contribution in [0.2, 0.25) is 0 Å². The average Bonchev–Trinajstić information content (AvgIpc) is 2.64. The summed E-state index contributed by atoms with van der Waals surface area (Å²) < 4.78 is 5.74. The highest BCUT2D eigenvalue weighted by Gasteiger charge is 2.14. The van der Waals surface area contributed by atoms with E-state index in [1.807, 2.05) is 37.3 Å². The first-order chi connectivity index (χ1) is 11.6. The summed E-state index contributed by atoms with van der Waals surface area (Å²) in [4.78, 5) is 22.3. The lowest BCUT2D eigenvalue weighted by molar-refractivity contribution is 0.0992. The molecule has 5 heteroatoms. The minimum Gasteiger partial charge on any atom is -0.439 e. The first-order valence-corrected chi connectivity index (χ1v) is 7.53. The van der Waals surface area contributed by atoms with E-state index in [4.69, 9.17) is 4.74 Å². The lowest BCUT2D eigenvalue weighted by atomic mass is 10.2. The Morgan fingerprint density at radius 3 is 2.54 bits per heavy atom. The van der Waals surface area contributed by atoms with E-state index in [2.05, 4.69) is 9.97 Å². The topological polar surface area (TPSA) is 55.3 Å². The number of amides is 1. The van der Waals surface area contributed by atoms with Gasteiger partial charge in [-0.05, 0) is 36.8 Å². The maximum atomic E-state index is 12.5. The van der Waals surface area contributed by atoms with Crippen LogP contribution < -0.4 is 9.64 Å². The molecule has 2 heterocycles. The molecule has 0 atom stereocenters. The Balaban J connectivity index is 1.75. The van der Waals surface area contributed by atoms with Gasteiger partial charge >= 0.3 is 0 Å². The summed E-state index contributed by atoms with van der Waals surface area (Å²) in [6.45, 7) is 1.97. The van der Waals surface area contributed by atoms with Crippen molar-refractivity contribution in [2.45, 2.75) is 6.92 Å². The maximum Gasteiger partial charge on any atom is 0.259 e. The SMILES string of the molecule is Cc1ccccc1Oc1ccc(C(=O)N(C)c2cccnc2)cn1. The van der Waals surface area contributed by atoms with E-state index in [1.54, 1.807) is 37.6 Å².